The van der Waals surface area contributed by atoms with Gasteiger partial charge in [-0.05, 0) is 32.1 Å². The standard InChI is InChI=1S/C22H39NO3/c1-2-3-10-13-20-21(26-20)14-11-8-6-4-5-7-9-12-15-22(24)23-16-18-25-19-17-23/h8,11,20-21H,2-7,9-10,12-19H2,1H3/b11-8-/t20-,21+/m1/s1. The second-order valence-electron chi connectivity index (χ2n) is 7.72. The summed E-state index contributed by atoms with van der Waals surface area (Å²) in [6.07, 6.45) is 19.9. The molecule has 2 rings (SSSR count). The minimum absolute atomic E-state index is 0.312. The topological polar surface area (TPSA) is 42.1 Å². The van der Waals surface area contributed by atoms with Crippen molar-refractivity contribution < 1.29 is 14.3 Å². The fourth-order valence-corrected chi connectivity index (χ4v) is 3.62. The van der Waals surface area contributed by atoms with Gasteiger partial charge in [-0.15, -0.1) is 0 Å². The zero-order valence-electron chi connectivity index (χ0n) is 16.8. The van der Waals surface area contributed by atoms with Crippen molar-refractivity contribution in [1.82, 2.24) is 4.90 Å². The SMILES string of the molecule is CCCCC[C@H]1O[C@H]1C/C=C\CCCCCCCC(=O)N1CCOCC1. The summed E-state index contributed by atoms with van der Waals surface area (Å²) >= 11 is 0. The molecule has 0 aliphatic carbocycles. The summed E-state index contributed by atoms with van der Waals surface area (Å²) in [5, 5.41) is 0. The highest BCUT2D eigenvalue weighted by Gasteiger charge is 2.36. The molecule has 4 heteroatoms. The van der Waals surface area contributed by atoms with Crippen molar-refractivity contribution in [3.05, 3.63) is 12.2 Å². The second-order valence-corrected chi connectivity index (χ2v) is 7.72. The zero-order valence-corrected chi connectivity index (χ0v) is 16.8. The minimum atomic E-state index is 0.312. The number of rotatable bonds is 14. The van der Waals surface area contributed by atoms with Crippen LogP contribution in [0.2, 0.25) is 0 Å². The van der Waals surface area contributed by atoms with Crippen LogP contribution in [0.5, 0.6) is 0 Å². The molecular formula is C22H39NO3. The third kappa shape index (κ3) is 9.18. The first kappa shape index (κ1) is 21.4. The molecule has 0 unspecified atom stereocenters. The Bertz CT molecular complexity index is 404. The number of amides is 1. The Kier molecular flexibility index (Phi) is 11.0. The lowest BCUT2D eigenvalue weighted by atomic mass is 10.1. The van der Waals surface area contributed by atoms with Gasteiger partial charge < -0.3 is 14.4 Å². The number of allylic oxidation sites excluding steroid dienone is 1. The molecule has 2 heterocycles. The Morgan fingerprint density at radius 3 is 2.54 bits per heavy atom. The van der Waals surface area contributed by atoms with E-state index in [2.05, 4.69) is 19.1 Å². The molecule has 0 aromatic rings. The number of morpholine rings is 1. The maximum atomic E-state index is 12.0. The summed E-state index contributed by atoms with van der Waals surface area (Å²) in [4.78, 5) is 14.0. The summed E-state index contributed by atoms with van der Waals surface area (Å²) < 4.78 is 11.0. The average Bonchev–Trinajstić information content (AvgIpc) is 3.42. The van der Waals surface area contributed by atoms with E-state index in [4.69, 9.17) is 9.47 Å². The van der Waals surface area contributed by atoms with Crippen LogP contribution in [0.15, 0.2) is 12.2 Å². The predicted molar refractivity (Wildman–Crippen MR) is 106 cm³/mol. The highest BCUT2D eigenvalue weighted by molar-refractivity contribution is 5.76. The van der Waals surface area contributed by atoms with Crippen molar-refractivity contribution in [3.8, 4) is 0 Å². The monoisotopic (exact) mass is 365 g/mol. The molecule has 0 bridgehead atoms. The fourth-order valence-electron chi connectivity index (χ4n) is 3.62. The van der Waals surface area contributed by atoms with Crippen LogP contribution < -0.4 is 0 Å². The highest BCUT2D eigenvalue weighted by atomic mass is 16.6. The smallest absolute Gasteiger partial charge is 0.222 e. The summed E-state index contributed by atoms with van der Waals surface area (Å²) in [6.45, 7) is 5.20. The van der Waals surface area contributed by atoms with Crippen molar-refractivity contribution in [2.24, 2.45) is 0 Å². The molecule has 2 atom stereocenters. The van der Waals surface area contributed by atoms with E-state index in [-0.39, 0.29) is 0 Å². The number of unbranched alkanes of at least 4 members (excludes halogenated alkanes) is 7. The quantitative estimate of drug-likeness (QED) is 0.250. The van der Waals surface area contributed by atoms with E-state index in [1.54, 1.807) is 0 Å². The molecule has 2 fully saturated rings. The first-order valence-electron chi connectivity index (χ1n) is 11.0. The number of hydrogen-bond acceptors (Lipinski definition) is 3. The van der Waals surface area contributed by atoms with Crippen LogP contribution >= 0.6 is 0 Å². The summed E-state index contributed by atoms with van der Waals surface area (Å²) in [5.41, 5.74) is 0. The summed E-state index contributed by atoms with van der Waals surface area (Å²) in [7, 11) is 0. The Labute approximate surface area is 160 Å². The van der Waals surface area contributed by atoms with Crippen LogP contribution in [0, 0.1) is 0 Å². The average molecular weight is 366 g/mol. The van der Waals surface area contributed by atoms with Crippen molar-refractivity contribution >= 4 is 5.91 Å². The summed E-state index contributed by atoms with van der Waals surface area (Å²) in [6, 6.07) is 0. The number of nitrogens with zero attached hydrogens (tertiary/aromatic N) is 1. The largest absolute Gasteiger partial charge is 0.378 e. The van der Waals surface area contributed by atoms with E-state index < -0.39 is 0 Å². The Morgan fingerprint density at radius 2 is 1.73 bits per heavy atom. The van der Waals surface area contributed by atoms with Gasteiger partial charge in [0.15, 0.2) is 0 Å². The lowest BCUT2D eigenvalue weighted by Gasteiger charge is -2.26. The maximum absolute atomic E-state index is 12.0. The molecule has 0 aromatic carbocycles. The van der Waals surface area contributed by atoms with E-state index in [0.29, 0.717) is 37.7 Å². The number of carbonyl (C=O) groups is 1. The molecule has 1 amide bonds. The minimum Gasteiger partial charge on any atom is -0.378 e. The number of ether oxygens (including phenoxy) is 2. The van der Waals surface area contributed by atoms with Gasteiger partial charge in [-0.3, -0.25) is 4.79 Å². The maximum Gasteiger partial charge on any atom is 0.222 e. The molecule has 2 aliphatic rings. The Balaban J connectivity index is 1.33. The van der Waals surface area contributed by atoms with Crippen molar-refractivity contribution in [3.63, 3.8) is 0 Å². The van der Waals surface area contributed by atoms with Crippen LogP contribution in [0.25, 0.3) is 0 Å². The second kappa shape index (κ2) is 13.3. The van der Waals surface area contributed by atoms with Gasteiger partial charge in [0, 0.05) is 19.5 Å². The van der Waals surface area contributed by atoms with Gasteiger partial charge in [-0.25, -0.2) is 0 Å². The van der Waals surface area contributed by atoms with Crippen molar-refractivity contribution in [1.29, 1.82) is 0 Å². The molecule has 0 N–H and O–H groups in total. The number of carbonyl (C=O) groups excluding carboxylic acids is 1. The first-order valence-corrected chi connectivity index (χ1v) is 11.0. The molecule has 0 aromatic heterocycles. The van der Waals surface area contributed by atoms with Crippen LogP contribution in [-0.2, 0) is 14.3 Å². The van der Waals surface area contributed by atoms with Gasteiger partial charge in [0.05, 0.1) is 25.4 Å². The van der Waals surface area contributed by atoms with E-state index in [9.17, 15) is 4.79 Å². The molecule has 0 spiro atoms. The number of epoxide rings is 1. The fraction of sp³-hybridized carbons (Fsp3) is 0.864. The summed E-state index contributed by atoms with van der Waals surface area (Å²) in [5.74, 6) is 0.312. The van der Waals surface area contributed by atoms with Gasteiger partial charge in [0.25, 0.3) is 0 Å². The van der Waals surface area contributed by atoms with Crippen molar-refractivity contribution in [2.45, 2.75) is 96.2 Å². The molecular weight excluding hydrogens is 326 g/mol. The number of hydrogen-bond donors (Lipinski definition) is 0. The molecule has 150 valence electrons. The van der Waals surface area contributed by atoms with Gasteiger partial charge in [0.1, 0.15) is 0 Å². The molecule has 2 aliphatic heterocycles. The van der Waals surface area contributed by atoms with Crippen LogP contribution in [-0.4, -0.2) is 49.3 Å². The van der Waals surface area contributed by atoms with Crippen molar-refractivity contribution in [2.75, 3.05) is 26.3 Å². The molecule has 2 saturated heterocycles. The first-order chi connectivity index (χ1) is 12.8. The lowest BCUT2D eigenvalue weighted by molar-refractivity contribution is -0.135. The van der Waals surface area contributed by atoms with Gasteiger partial charge in [0.2, 0.25) is 5.91 Å². The Hall–Kier alpha value is -0.870. The van der Waals surface area contributed by atoms with E-state index in [0.717, 1.165) is 25.9 Å². The zero-order chi connectivity index (χ0) is 18.5. The van der Waals surface area contributed by atoms with Gasteiger partial charge in [-0.1, -0.05) is 57.6 Å². The van der Waals surface area contributed by atoms with Gasteiger partial charge >= 0.3 is 0 Å². The third-order valence-electron chi connectivity index (χ3n) is 5.44. The Morgan fingerprint density at radius 1 is 0.962 bits per heavy atom. The molecule has 0 saturated carbocycles. The van der Waals surface area contributed by atoms with E-state index in [1.165, 1.54) is 57.8 Å². The molecule has 4 nitrogen and oxygen atoms in total. The van der Waals surface area contributed by atoms with Gasteiger partial charge in [-0.2, -0.15) is 0 Å². The molecule has 26 heavy (non-hydrogen) atoms. The normalized spacial score (nSPS) is 22.9. The highest BCUT2D eigenvalue weighted by Crippen LogP contribution is 2.30. The van der Waals surface area contributed by atoms with E-state index in [1.807, 2.05) is 4.90 Å². The molecule has 0 radical (unpaired) electrons. The van der Waals surface area contributed by atoms with Crippen LogP contribution in [0.3, 0.4) is 0 Å². The predicted octanol–water partition coefficient (Wildman–Crippen LogP) is 4.87. The third-order valence-corrected chi connectivity index (χ3v) is 5.44. The lowest BCUT2D eigenvalue weighted by Crippen LogP contribution is -2.40. The van der Waals surface area contributed by atoms with E-state index >= 15 is 0 Å². The van der Waals surface area contributed by atoms with Crippen LogP contribution in [0.4, 0.5) is 0 Å². The van der Waals surface area contributed by atoms with Crippen LogP contribution in [0.1, 0.15) is 84.0 Å².